The molecule has 2 aromatic heterocycles. The maximum Gasteiger partial charge on any atom is 0.273 e. The zero-order chi connectivity index (χ0) is 17.2. The number of carbonyl (C=O) groups excluding carboxylic acids is 1. The number of nitrogens with one attached hydrogen (secondary N) is 1. The van der Waals surface area contributed by atoms with E-state index in [0.29, 0.717) is 36.4 Å². The van der Waals surface area contributed by atoms with Crippen LogP contribution in [0, 0.1) is 5.92 Å². The third-order valence-electron chi connectivity index (χ3n) is 4.79. The molecule has 0 radical (unpaired) electrons. The minimum Gasteiger partial charge on any atom is -0.491 e. The third-order valence-corrected chi connectivity index (χ3v) is 6.37. The lowest BCUT2D eigenvalue weighted by molar-refractivity contribution is 0.0944. The molecule has 2 aliphatic carbocycles. The fourth-order valence-electron chi connectivity index (χ4n) is 2.83. The average Bonchev–Trinajstić information content (AvgIpc) is 3.53. The van der Waals surface area contributed by atoms with Crippen LogP contribution in [0.5, 0.6) is 5.75 Å². The number of pyridine rings is 1. The van der Waals surface area contributed by atoms with Gasteiger partial charge in [0.2, 0.25) is 5.01 Å². The van der Waals surface area contributed by atoms with Gasteiger partial charge in [0.1, 0.15) is 6.26 Å². The lowest BCUT2D eigenvalue weighted by Gasteiger charge is -2.12. The Balaban J connectivity index is 1.41. The Morgan fingerprint density at radius 2 is 2.16 bits per heavy atom. The van der Waals surface area contributed by atoms with Gasteiger partial charge < -0.3 is 10.1 Å². The van der Waals surface area contributed by atoms with Crippen LogP contribution in [0.3, 0.4) is 0 Å². The first-order chi connectivity index (χ1) is 12.2. The van der Waals surface area contributed by atoms with Crippen LogP contribution >= 0.6 is 10.5 Å². The first kappa shape index (κ1) is 16.5. The zero-order valence-corrected chi connectivity index (χ0v) is 15.3. The molecule has 2 fully saturated rings. The van der Waals surface area contributed by atoms with E-state index in [2.05, 4.69) is 26.9 Å². The Labute approximate surface area is 150 Å². The Bertz CT molecular complexity index is 766. The highest BCUT2D eigenvalue weighted by molar-refractivity contribution is 7.27. The van der Waals surface area contributed by atoms with Gasteiger partial charge in [-0.25, -0.2) is 9.97 Å². The van der Waals surface area contributed by atoms with Crippen molar-refractivity contribution < 1.29 is 9.53 Å². The minimum atomic E-state index is -0.157. The van der Waals surface area contributed by atoms with Gasteiger partial charge in [-0.05, 0) is 59.6 Å². The van der Waals surface area contributed by atoms with Gasteiger partial charge in [0, 0.05) is 12.7 Å². The van der Waals surface area contributed by atoms with Crippen molar-refractivity contribution in [2.45, 2.75) is 38.0 Å². The Hall–Kier alpha value is -1.95. The van der Waals surface area contributed by atoms with E-state index < -0.39 is 0 Å². The van der Waals surface area contributed by atoms with Crippen molar-refractivity contribution >= 4 is 16.4 Å². The topological polar surface area (TPSA) is 64.1 Å². The Morgan fingerprint density at radius 3 is 2.84 bits per heavy atom. The average molecular weight is 358 g/mol. The molecular formula is C19H24N3O2S+. The van der Waals surface area contributed by atoms with Crippen molar-refractivity contribution in [1.82, 2.24) is 15.3 Å². The molecule has 2 aromatic rings. The van der Waals surface area contributed by atoms with E-state index in [1.165, 1.54) is 31.2 Å². The summed E-state index contributed by atoms with van der Waals surface area (Å²) in [6, 6.07) is 2.02. The summed E-state index contributed by atoms with van der Waals surface area (Å²) in [6.45, 7) is 1.27. The van der Waals surface area contributed by atoms with Crippen molar-refractivity contribution in [2.75, 3.05) is 13.2 Å². The van der Waals surface area contributed by atoms with Gasteiger partial charge in [-0.3, -0.25) is 4.79 Å². The van der Waals surface area contributed by atoms with Crippen molar-refractivity contribution in [3.8, 4) is 5.75 Å². The summed E-state index contributed by atoms with van der Waals surface area (Å²) in [4.78, 5) is 21.4. The molecule has 1 amide bonds. The van der Waals surface area contributed by atoms with Gasteiger partial charge in [0.25, 0.3) is 5.91 Å². The molecule has 1 atom stereocenters. The van der Waals surface area contributed by atoms with Crippen LogP contribution in [0.25, 0.3) is 0 Å². The summed E-state index contributed by atoms with van der Waals surface area (Å²) in [7, 11) is 0.101. The molecular weight excluding hydrogens is 334 g/mol. The van der Waals surface area contributed by atoms with Crippen LogP contribution in [0.1, 0.15) is 52.7 Å². The number of ether oxygens (including phenoxy) is 1. The highest BCUT2D eigenvalue weighted by Gasteiger charge is 2.27. The summed E-state index contributed by atoms with van der Waals surface area (Å²) < 4.78 is 5.94. The summed E-state index contributed by atoms with van der Waals surface area (Å²) in [5, 5.41) is 6.21. The molecule has 0 aromatic carbocycles. The van der Waals surface area contributed by atoms with Gasteiger partial charge in [-0.1, -0.05) is 0 Å². The number of carbonyl (C=O) groups is 1. The molecule has 2 heterocycles. The predicted octanol–water partition coefficient (Wildman–Crippen LogP) is 3.40. The number of nitrogens with zero attached hydrogens (tertiary/aromatic N) is 2. The fourth-order valence-corrected chi connectivity index (χ4v) is 3.88. The SMILES string of the molecule is C[s+]1ccnc1CCNC(=O)c1ncc(C2CC2)cc1OCC1CC1. The smallest absolute Gasteiger partial charge is 0.273 e. The number of rotatable bonds is 8. The van der Waals surface area contributed by atoms with Crippen LogP contribution in [-0.4, -0.2) is 29.0 Å². The normalized spacial score (nSPS) is 17.4. The first-order valence-electron chi connectivity index (χ1n) is 8.99. The third kappa shape index (κ3) is 4.18. The van der Waals surface area contributed by atoms with Crippen LogP contribution in [0.2, 0.25) is 0 Å². The molecule has 6 heteroatoms. The second-order valence-electron chi connectivity index (χ2n) is 7.02. The summed E-state index contributed by atoms with van der Waals surface area (Å²) in [6.07, 6.45) is 11.5. The molecule has 0 spiro atoms. The Morgan fingerprint density at radius 1 is 1.32 bits per heavy atom. The van der Waals surface area contributed by atoms with Gasteiger partial charge in [0.15, 0.2) is 16.8 Å². The largest absolute Gasteiger partial charge is 0.491 e. The molecule has 2 saturated carbocycles. The highest BCUT2D eigenvalue weighted by atomic mass is 32.2. The Kier molecular flexibility index (Phi) is 4.70. The van der Waals surface area contributed by atoms with Crippen LogP contribution < -0.4 is 10.1 Å². The summed E-state index contributed by atoms with van der Waals surface area (Å²) in [5.74, 6) is 1.73. The number of aryl methyl sites for hydroxylation is 1. The number of thiazole rings is 1. The monoisotopic (exact) mass is 358 g/mol. The second-order valence-corrected chi connectivity index (χ2v) is 8.87. The predicted molar refractivity (Wildman–Crippen MR) is 98.2 cm³/mol. The molecule has 0 aliphatic heterocycles. The maximum atomic E-state index is 12.6. The fraction of sp³-hybridized carbons (Fsp3) is 0.526. The van der Waals surface area contributed by atoms with E-state index in [1.54, 1.807) is 0 Å². The van der Waals surface area contributed by atoms with Crippen molar-refractivity contribution in [1.29, 1.82) is 0 Å². The molecule has 0 saturated heterocycles. The molecule has 132 valence electrons. The van der Waals surface area contributed by atoms with E-state index in [0.717, 1.165) is 11.4 Å². The van der Waals surface area contributed by atoms with Crippen LogP contribution in [-0.2, 0) is 12.7 Å². The molecule has 4 rings (SSSR count). The van der Waals surface area contributed by atoms with Gasteiger partial charge in [-0.15, -0.1) is 0 Å². The van der Waals surface area contributed by atoms with Crippen molar-refractivity contribution in [3.63, 3.8) is 0 Å². The molecule has 1 N–H and O–H groups in total. The van der Waals surface area contributed by atoms with E-state index in [-0.39, 0.29) is 16.4 Å². The summed E-state index contributed by atoms with van der Waals surface area (Å²) in [5.41, 5.74) is 1.61. The van der Waals surface area contributed by atoms with Gasteiger partial charge in [-0.2, -0.15) is 0 Å². The van der Waals surface area contributed by atoms with E-state index >= 15 is 0 Å². The zero-order valence-electron chi connectivity index (χ0n) is 14.5. The molecule has 1 unspecified atom stereocenters. The maximum absolute atomic E-state index is 12.6. The van der Waals surface area contributed by atoms with Crippen molar-refractivity contribution in [2.24, 2.45) is 12.2 Å². The minimum absolute atomic E-state index is 0.101. The summed E-state index contributed by atoms with van der Waals surface area (Å²) >= 11 is 0. The van der Waals surface area contributed by atoms with E-state index in [9.17, 15) is 4.79 Å². The number of aromatic nitrogens is 2. The molecule has 25 heavy (non-hydrogen) atoms. The number of hydrogen-bond donors (Lipinski definition) is 1. The first-order valence-corrected chi connectivity index (χ1v) is 10.7. The van der Waals surface area contributed by atoms with E-state index in [1.807, 2.05) is 18.5 Å². The highest BCUT2D eigenvalue weighted by Crippen LogP contribution is 2.41. The quantitative estimate of drug-likeness (QED) is 0.735. The van der Waals surface area contributed by atoms with Gasteiger partial charge >= 0.3 is 0 Å². The lowest BCUT2D eigenvalue weighted by Crippen LogP contribution is -2.27. The molecule has 5 nitrogen and oxygen atoms in total. The second kappa shape index (κ2) is 7.12. The molecule has 0 bridgehead atoms. The van der Waals surface area contributed by atoms with Gasteiger partial charge in [0.05, 0.1) is 19.2 Å². The molecule has 2 aliphatic rings. The van der Waals surface area contributed by atoms with E-state index in [4.69, 9.17) is 4.74 Å². The lowest BCUT2D eigenvalue weighted by atomic mass is 10.1. The number of hydrogen-bond acceptors (Lipinski definition) is 4. The van der Waals surface area contributed by atoms with Crippen LogP contribution in [0.15, 0.2) is 23.8 Å². The van der Waals surface area contributed by atoms with Crippen LogP contribution in [0.4, 0.5) is 0 Å². The van der Waals surface area contributed by atoms with Crippen molar-refractivity contribution in [3.05, 3.63) is 40.1 Å². The number of amides is 1. The standard InChI is InChI=1S/C19H23N3O2S/c1-25-9-8-20-17(25)6-7-21-19(23)18-16(24-12-13-2-3-13)10-15(11-22-18)14-4-5-14/h8-11,13-14H,2-7,12H2,1H3/p+1.